The van der Waals surface area contributed by atoms with Gasteiger partial charge in [-0.05, 0) is 23.1 Å². The van der Waals surface area contributed by atoms with E-state index in [1.54, 1.807) is 6.20 Å². The number of fused-ring (bicyclic) bond motifs is 1. The number of aromatic amines is 1. The first kappa shape index (κ1) is 13.4. The van der Waals surface area contributed by atoms with Gasteiger partial charge in [0, 0.05) is 17.8 Å². The summed E-state index contributed by atoms with van der Waals surface area (Å²) in [5.41, 5.74) is 1.87. The molecule has 3 aromatic rings. The molecule has 0 amide bonds. The lowest BCUT2D eigenvalue weighted by Crippen LogP contribution is -2.13. The van der Waals surface area contributed by atoms with Gasteiger partial charge in [0.05, 0.1) is 7.11 Å². The van der Waals surface area contributed by atoms with Crippen LogP contribution in [-0.4, -0.2) is 17.1 Å². The normalized spacial score (nSPS) is 12.3. The average molecular weight is 280 g/mol. The Balaban J connectivity index is 2.16. The van der Waals surface area contributed by atoms with E-state index in [2.05, 4.69) is 29.0 Å². The van der Waals surface area contributed by atoms with Crippen LogP contribution in [0.5, 0.6) is 5.88 Å². The van der Waals surface area contributed by atoms with E-state index in [-0.39, 0.29) is 11.5 Å². The molecule has 1 N–H and O–H groups in total. The van der Waals surface area contributed by atoms with Crippen molar-refractivity contribution >= 4 is 10.8 Å². The van der Waals surface area contributed by atoms with Gasteiger partial charge in [0.1, 0.15) is 5.39 Å². The maximum Gasteiger partial charge on any atom is 0.261 e. The van der Waals surface area contributed by atoms with Crippen LogP contribution in [0.15, 0.2) is 53.5 Å². The second-order valence-electron chi connectivity index (χ2n) is 4.97. The van der Waals surface area contributed by atoms with Crippen molar-refractivity contribution in [3.05, 3.63) is 70.3 Å². The summed E-state index contributed by atoms with van der Waals surface area (Å²) < 4.78 is 5.16. The number of aromatic nitrogens is 2. The molecule has 1 atom stereocenters. The molecule has 0 aliphatic carbocycles. The van der Waals surface area contributed by atoms with Gasteiger partial charge in [-0.3, -0.25) is 4.79 Å². The van der Waals surface area contributed by atoms with Gasteiger partial charge in [0.15, 0.2) is 0 Å². The molecule has 0 fully saturated rings. The molecule has 4 nitrogen and oxygen atoms in total. The number of ether oxygens (including phenoxy) is 1. The van der Waals surface area contributed by atoms with Gasteiger partial charge < -0.3 is 9.72 Å². The quantitative estimate of drug-likeness (QED) is 0.802. The number of nitrogens with one attached hydrogen (secondary N) is 1. The highest BCUT2D eigenvalue weighted by Gasteiger charge is 2.13. The van der Waals surface area contributed by atoms with Crippen molar-refractivity contribution < 1.29 is 4.74 Å². The molecule has 0 bridgehead atoms. The van der Waals surface area contributed by atoms with Gasteiger partial charge in [0.25, 0.3) is 5.56 Å². The number of pyridine rings is 2. The van der Waals surface area contributed by atoms with E-state index in [4.69, 9.17) is 4.74 Å². The maximum atomic E-state index is 12.3. The van der Waals surface area contributed by atoms with Gasteiger partial charge in [-0.2, -0.15) is 0 Å². The van der Waals surface area contributed by atoms with Crippen molar-refractivity contribution in [2.45, 2.75) is 12.8 Å². The van der Waals surface area contributed by atoms with E-state index in [0.29, 0.717) is 11.3 Å². The van der Waals surface area contributed by atoms with Crippen molar-refractivity contribution in [3.8, 4) is 5.88 Å². The minimum absolute atomic E-state index is 0.113. The highest BCUT2D eigenvalue weighted by atomic mass is 16.5. The first-order valence-electron chi connectivity index (χ1n) is 6.81. The van der Waals surface area contributed by atoms with Crippen LogP contribution in [-0.2, 0) is 0 Å². The van der Waals surface area contributed by atoms with Gasteiger partial charge in [0.2, 0.25) is 5.88 Å². The molecule has 2 heterocycles. The molecule has 0 aliphatic heterocycles. The summed E-state index contributed by atoms with van der Waals surface area (Å²) in [4.78, 5) is 19.4. The fourth-order valence-electron chi connectivity index (χ4n) is 2.51. The second-order valence-corrected chi connectivity index (χ2v) is 4.97. The Morgan fingerprint density at radius 2 is 1.95 bits per heavy atom. The van der Waals surface area contributed by atoms with Gasteiger partial charge in [-0.15, -0.1) is 0 Å². The third-order valence-electron chi connectivity index (χ3n) is 3.70. The topological polar surface area (TPSA) is 55.0 Å². The molecule has 4 heteroatoms. The van der Waals surface area contributed by atoms with Crippen LogP contribution in [0, 0.1) is 0 Å². The van der Waals surface area contributed by atoms with Crippen LogP contribution < -0.4 is 10.3 Å². The first-order valence-corrected chi connectivity index (χ1v) is 6.81. The fraction of sp³-hybridized carbons (Fsp3) is 0.176. The SMILES string of the molecule is COc1nccc2cc(C(C)c3ccccc3)[nH]c(=O)c12. The maximum absolute atomic E-state index is 12.3. The highest BCUT2D eigenvalue weighted by Crippen LogP contribution is 2.25. The molecule has 3 rings (SSSR count). The Morgan fingerprint density at radius 1 is 1.19 bits per heavy atom. The summed E-state index contributed by atoms with van der Waals surface area (Å²) in [5, 5.41) is 1.33. The molecule has 0 saturated heterocycles. The molecule has 106 valence electrons. The summed E-state index contributed by atoms with van der Waals surface area (Å²) in [6, 6.07) is 13.9. The number of nitrogens with zero attached hydrogens (tertiary/aromatic N) is 1. The van der Waals surface area contributed by atoms with Crippen LogP contribution in [0.1, 0.15) is 24.1 Å². The Bertz CT molecular complexity index is 825. The van der Waals surface area contributed by atoms with Crippen molar-refractivity contribution in [2.75, 3.05) is 7.11 Å². The second kappa shape index (κ2) is 5.40. The molecule has 0 saturated carbocycles. The minimum Gasteiger partial charge on any atom is -0.480 e. The summed E-state index contributed by atoms with van der Waals surface area (Å²) in [6.07, 6.45) is 1.65. The minimum atomic E-state index is -0.171. The highest BCUT2D eigenvalue weighted by molar-refractivity contribution is 5.86. The Morgan fingerprint density at radius 3 is 2.67 bits per heavy atom. The van der Waals surface area contributed by atoms with Crippen LogP contribution in [0.2, 0.25) is 0 Å². The summed E-state index contributed by atoms with van der Waals surface area (Å²) >= 11 is 0. The summed E-state index contributed by atoms with van der Waals surface area (Å²) in [5.74, 6) is 0.468. The standard InChI is InChI=1S/C17H16N2O2/c1-11(12-6-4-3-5-7-12)14-10-13-8-9-18-17(21-2)15(13)16(20)19-14/h3-11H,1-2H3,(H,19,20). The van der Waals surface area contributed by atoms with Crippen LogP contribution >= 0.6 is 0 Å². The van der Waals surface area contributed by atoms with E-state index >= 15 is 0 Å². The summed E-state index contributed by atoms with van der Waals surface area (Å²) in [6.45, 7) is 2.07. The third-order valence-corrected chi connectivity index (χ3v) is 3.70. The Labute approximate surface area is 122 Å². The number of hydrogen-bond donors (Lipinski definition) is 1. The molecule has 0 spiro atoms. The zero-order chi connectivity index (χ0) is 14.8. The average Bonchev–Trinajstić information content (AvgIpc) is 2.54. The van der Waals surface area contributed by atoms with E-state index in [1.165, 1.54) is 7.11 Å². The number of benzene rings is 1. The van der Waals surface area contributed by atoms with Crippen LogP contribution in [0.3, 0.4) is 0 Å². The fourth-order valence-corrected chi connectivity index (χ4v) is 2.51. The van der Waals surface area contributed by atoms with Crippen LogP contribution in [0.4, 0.5) is 0 Å². The smallest absolute Gasteiger partial charge is 0.261 e. The van der Waals surface area contributed by atoms with E-state index in [9.17, 15) is 4.79 Å². The molecule has 1 unspecified atom stereocenters. The predicted molar refractivity (Wildman–Crippen MR) is 82.9 cm³/mol. The Hall–Kier alpha value is -2.62. The number of methoxy groups -OCH3 is 1. The molecular formula is C17H16N2O2. The van der Waals surface area contributed by atoms with Crippen molar-refractivity contribution in [3.63, 3.8) is 0 Å². The molecule has 0 radical (unpaired) electrons. The van der Waals surface area contributed by atoms with Crippen molar-refractivity contribution in [1.29, 1.82) is 0 Å². The molecule has 0 aliphatic rings. The van der Waals surface area contributed by atoms with Gasteiger partial charge in [-0.1, -0.05) is 37.3 Å². The lowest BCUT2D eigenvalue weighted by Gasteiger charge is -2.13. The summed E-state index contributed by atoms with van der Waals surface area (Å²) in [7, 11) is 1.52. The molecule has 21 heavy (non-hydrogen) atoms. The lowest BCUT2D eigenvalue weighted by atomic mass is 9.96. The van der Waals surface area contributed by atoms with E-state index < -0.39 is 0 Å². The number of rotatable bonds is 3. The predicted octanol–water partition coefficient (Wildman–Crippen LogP) is 3.08. The molecule has 1 aromatic carbocycles. The monoisotopic (exact) mass is 280 g/mol. The van der Waals surface area contributed by atoms with Crippen LogP contribution in [0.25, 0.3) is 10.8 Å². The van der Waals surface area contributed by atoms with Gasteiger partial charge >= 0.3 is 0 Å². The van der Waals surface area contributed by atoms with Crippen molar-refractivity contribution in [2.24, 2.45) is 0 Å². The zero-order valence-electron chi connectivity index (χ0n) is 12.0. The van der Waals surface area contributed by atoms with Gasteiger partial charge in [-0.25, -0.2) is 4.98 Å². The molecule has 2 aromatic heterocycles. The zero-order valence-corrected chi connectivity index (χ0v) is 12.0. The number of H-pyrrole nitrogens is 1. The first-order chi connectivity index (χ1) is 10.2. The largest absolute Gasteiger partial charge is 0.480 e. The molecular weight excluding hydrogens is 264 g/mol. The Kier molecular flexibility index (Phi) is 3.44. The lowest BCUT2D eigenvalue weighted by molar-refractivity contribution is 0.403. The van der Waals surface area contributed by atoms with E-state index in [0.717, 1.165) is 16.6 Å². The van der Waals surface area contributed by atoms with Crippen molar-refractivity contribution in [1.82, 2.24) is 9.97 Å². The number of hydrogen-bond acceptors (Lipinski definition) is 3. The third kappa shape index (κ3) is 2.40. The van der Waals surface area contributed by atoms with E-state index in [1.807, 2.05) is 30.3 Å².